The number of hydrogen-bond donors (Lipinski definition) is 1. The van der Waals surface area contributed by atoms with Crippen LogP contribution in [-0.4, -0.2) is 44.6 Å². The predicted octanol–water partition coefficient (Wildman–Crippen LogP) is 1.92. The first-order valence-corrected chi connectivity index (χ1v) is 7.45. The van der Waals surface area contributed by atoms with Crippen molar-refractivity contribution < 1.29 is 9.53 Å². The molecule has 0 fully saturated rings. The van der Waals surface area contributed by atoms with Crippen molar-refractivity contribution in [1.29, 1.82) is 0 Å². The molecular formula is C17H24N2O2. The molecule has 0 saturated carbocycles. The molecule has 0 spiro atoms. The summed E-state index contributed by atoms with van der Waals surface area (Å²) in [6.07, 6.45) is 5.34. The minimum Gasteiger partial charge on any atom is -0.373 e. The van der Waals surface area contributed by atoms with Gasteiger partial charge < -0.3 is 15.0 Å². The van der Waals surface area contributed by atoms with Crippen LogP contribution in [0, 0.1) is 0 Å². The number of nitrogens with one attached hydrogen (secondary N) is 1. The second-order valence-corrected chi connectivity index (χ2v) is 5.55. The Labute approximate surface area is 126 Å². The molecule has 1 N–H and O–H groups in total. The predicted molar refractivity (Wildman–Crippen MR) is 84.2 cm³/mol. The van der Waals surface area contributed by atoms with Crippen LogP contribution in [0.15, 0.2) is 36.4 Å². The Balaban J connectivity index is 1.77. The van der Waals surface area contributed by atoms with E-state index in [2.05, 4.69) is 23.5 Å². The number of fused-ring (bicyclic) bond motifs is 1. The van der Waals surface area contributed by atoms with E-state index in [9.17, 15) is 4.79 Å². The maximum atomic E-state index is 11.7. The second-order valence-electron chi connectivity index (χ2n) is 5.55. The molecule has 1 atom stereocenters. The van der Waals surface area contributed by atoms with Crippen LogP contribution in [0.3, 0.4) is 0 Å². The SMILES string of the molecule is CN(C)C/C=C/C(=O)NCCC1OCCc2ccccc21. The van der Waals surface area contributed by atoms with Crippen molar-refractivity contribution in [2.45, 2.75) is 18.9 Å². The summed E-state index contributed by atoms with van der Waals surface area (Å²) in [5.41, 5.74) is 2.63. The summed E-state index contributed by atoms with van der Waals surface area (Å²) in [6, 6.07) is 8.40. The Morgan fingerprint density at radius 2 is 2.24 bits per heavy atom. The third-order valence-corrected chi connectivity index (χ3v) is 3.54. The molecule has 0 saturated heterocycles. The molecule has 114 valence electrons. The van der Waals surface area contributed by atoms with Gasteiger partial charge in [-0.3, -0.25) is 4.79 Å². The third kappa shape index (κ3) is 4.99. The van der Waals surface area contributed by atoms with E-state index in [1.807, 2.05) is 31.1 Å². The standard InChI is InChI=1S/C17H24N2O2/c1-19(2)12-5-8-17(20)18-11-9-16-15-7-4-3-6-14(15)10-13-21-16/h3-8,16H,9-13H2,1-2H3,(H,18,20)/b8-5+. The van der Waals surface area contributed by atoms with Gasteiger partial charge in [-0.25, -0.2) is 0 Å². The Morgan fingerprint density at radius 1 is 1.43 bits per heavy atom. The summed E-state index contributed by atoms with van der Waals surface area (Å²) in [5, 5.41) is 2.91. The average Bonchev–Trinajstić information content (AvgIpc) is 2.47. The van der Waals surface area contributed by atoms with Gasteiger partial charge in [-0.1, -0.05) is 30.3 Å². The number of ether oxygens (including phenoxy) is 1. The molecule has 1 aliphatic heterocycles. The molecule has 0 aromatic heterocycles. The smallest absolute Gasteiger partial charge is 0.243 e. The highest BCUT2D eigenvalue weighted by Crippen LogP contribution is 2.28. The van der Waals surface area contributed by atoms with Gasteiger partial charge in [0.15, 0.2) is 0 Å². The first kappa shape index (κ1) is 15.7. The molecule has 21 heavy (non-hydrogen) atoms. The van der Waals surface area contributed by atoms with Gasteiger partial charge in [-0.2, -0.15) is 0 Å². The van der Waals surface area contributed by atoms with Crippen LogP contribution in [0.1, 0.15) is 23.7 Å². The van der Waals surface area contributed by atoms with Crippen LogP contribution < -0.4 is 5.32 Å². The first-order chi connectivity index (χ1) is 10.2. The summed E-state index contributed by atoms with van der Waals surface area (Å²) in [6.45, 7) is 2.16. The van der Waals surface area contributed by atoms with Crippen molar-refractivity contribution in [1.82, 2.24) is 10.2 Å². The van der Waals surface area contributed by atoms with Gasteiger partial charge in [0.05, 0.1) is 12.7 Å². The van der Waals surface area contributed by atoms with Gasteiger partial charge in [-0.05, 0) is 38.1 Å². The maximum absolute atomic E-state index is 11.7. The fraction of sp³-hybridized carbons (Fsp3) is 0.471. The number of rotatable bonds is 6. The lowest BCUT2D eigenvalue weighted by atomic mass is 9.96. The second kappa shape index (κ2) is 7.96. The number of carbonyl (C=O) groups is 1. The van der Waals surface area contributed by atoms with E-state index in [4.69, 9.17) is 4.74 Å². The molecule has 0 radical (unpaired) electrons. The molecule has 1 amide bonds. The topological polar surface area (TPSA) is 41.6 Å². The van der Waals surface area contributed by atoms with E-state index < -0.39 is 0 Å². The molecule has 4 heteroatoms. The minimum atomic E-state index is -0.0408. The van der Waals surface area contributed by atoms with Crippen molar-refractivity contribution in [2.24, 2.45) is 0 Å². The minimum absolute atomic E-state index is 0.0408. The van der Waals surface area contributed by atoms with Gasteiger partial charge in [-0.15, -0.1) is 0 Å². The Kier molecular flexibility index (Phi) is 5.96. The zero-order chi connectivity index (χ0) is 15.1. The lowest BCUT2D eigenvalue weighted by molar-refractivity contribution is -0.116. The van der Waals surface area contributed by atoms with Crippen LogP contribution in [-0.2, 0) is 16.0 Å². The maximum Gasteiger partial charge on any atom is 0.243 e. The normalized spacial score (nSPS) is 18.0. The number of hydrogen-bond acceptors (Lipinski definition) is 3. The highest BCUT2D eigenvalue weighted by Gasteiger charge is 2.19. The van der Waals surface area contributed by atoms with Crippen LogP contribution >= 0.6 is 0 Å². The van der Waals surface area contributed by atoms with Crippen molar-refractivity contribution >= 4 is 5.91 Å². The number of nitrogens with zero attached hydrogens (tertiary/aromatic N) is 1. The highest BCUT2D eigenvalue weighted by molar-refractivity contribution is 5.87. The molecule has 1 aromatic carbocycles. The third-order valence-electron chi connectivity index (χ3n) is 3.54. The highest BCUT2D eigenvalue weighted by atomic mass is 16.5. The molecule has 0 aliphatic carbocycles. The van der Waals surface area contributed by atoms with E-state index in [-0.39, 0.29) is 12.0 Å². The molecule has 1 aromatic rings. The quantitative estimate of drug-likeness (QED) is 0.813. The van der Waals surface area contributed by atoms with E-state index in [1.54, 1.807) is 6.08 Å². The lowest BCUT2D eigenvalue weighted by Gasteiger charge is -2.26. The van der Waals surface area contributed by atoms with E-state index in [1.165, 1.54) is 11.1 Å². The van der Waals surface area contributed by atoms with Crippen molar-refractivity contribution in [3.8, 4) is 0 Å². The summed E-state index contributed by atoms with van der Waals surface area (Å²) in [7, 11) is 3.94. The lowest BCUT2D eigenvalue weighted by Crippen LogP contribution is -2.26. The molecule has 1 heterocycles. The van der Waals surface area contributed by atoms with Crippen molar-refractivity contribution in [3.63, 3.8) is 0 Å². The first-order valence-electron chi connectivity index (χ1n) is 7.45. The largest absolute Gasteiger partial charge is 0.373 e. The van der Waals surface area contributed by atoms with E-state index >= 15 is 0 Å². The molecule has 4 nitrogen and oxygen atoms in total. The van der Waals surface area contributed by atoms with E-state index in [0.29, 0.717) is 6.54 Å². The molecular weight excluding hydrogens is 264 g/mol. The monoisotopic (exact) mass is 288 g/mol. The summed E-state index contributed by atoms with van der Waals surface area (Å²) < 4.78 is 5.82. The van der Waals surface area contributed by atoms with Crippen LogP contribution in [0.4, 0.5) is 0 Å². The number of carbonyl (C=O) groups excluding carboxylic acids is 1. The molecule has 1 unspecified atom stereocenters. The van der Waals surface area contributed by atoms with Crippen molar-refractivity contribution in [3.05, 3.63) is 47.5 Å². The van der Waals surface area contributed by atoms with Crippen LogP contribution in [0.2, 0.25) is 0 Å². The molecule has 1 aliphatic rings. The van der Waals surface area contributed by atoms with Gasteiger partial charge in [0, 0.05) is 19.2 Å². The molecule has 0 bridgehead atoms. The average molecular weight is 288 g/mol. The van der Waals surface area contributed by atoms with E-state index in [0.717, 1.165) is 26.0 Å². The van der Waals surface area contributed by atoms with Crippen LogP contribution in [0.5, 0.6) is 0 Å². The van der Waals surface area contributed by atoms with Gasteiger partial charge in [0.1, 0.15) is 0 Å². The summed E-state index contributed by atoms with van der Waals surface area (Å²) in [4.78, 5) is 13.7. The fourth-order valence-corrected chi connectivity index (χ4v) is 2.47. The zero-order valence-electron chi connectivity index (χ0n) is 12.8. The number of amides is 1. The van der Waals surface area contributed by atoms with Crippen LogP contribution in [0.25, 0.3) is 0 Å². The number of benzene rings is 1. The molecule has 2 rings (SSSR count). The number of likely N-dealkylation sites (N-methyl/N-ethyl adjacent to an activating group) is 1. The van der Waals surface area contributed by atoms with Gasteiger partial charge in [0.2, 0.25) is 5.91 Å². The Morgan fingerprint density at radius 3 is 3.05 bits per heavy atom. The van der Waals surface area contributed by atoms with Gasteiger partial charge in [0.25, 0.3) is 0 Å². The Bertz CT molecular complexity index is 497. The zero-order valence-corrected chi connectivity index (χ0v) is 12.8. The van der Waals surface area contributed by atoms with Gasteiger partial charge >= 0.3 is 0 Å². The Hall–Kier alpha value is -1.65. The van der Waals surface area contributed by atoms with Crippen molar-refractivity contribution in [2.75, 3.05) is 33.8 Å². The fourth-order valence-electron chi connectivity index (χ4n) is 2.47. The summed E-state index contributed by atoms with van der Waals surface area (Å²) in [5.74, 6) is -0.0408. The summed E-state index contributed by atoms with van der Waals surface area (Å²) >= 11 is 0.